The lowest BCUT2D eigenvalue weighted by Gasteiger charge is -2.13. The molecule has 0 radical (unpaired) electrons. The molecule has 0 unspecified atom stereocenters. The molecule has 0 spiro atoms. The summed E-state index contributed by atoms with van der Waals surface area (Å²) in [5.41, 5.74) is 2.82. The van der Waals surface area contributed by atoms with Crippen LogP contribution in [-0.4, -0.2) is 32.1 Å². The quantitative estimate of drug-likeness (QED) is 0.278. The molecule has 0 heterocycles. The zero-order chi connectivity index (χ0) is 22.2. The fourth-order valence-electron chi connectivity index (χ4n) is 2.96. The molecular formula is C25H23BrO5. The predicted octanol–water partition coefficient (Wildman–Crippen LogP) is 5.95. The third kappa shape index (κ3) is 5.73. The minimum absolute atomic E-state index is 0.264. The minimum atomic E-state index is -0.615. The zero-order valence-corrected chi connectivity index (χ0v) is 19.0. The fourth-order valence-corrected chi connectivity index (χ4v) is 3.52. The Kier molecular flexibility index (Phi) is 7.84. The standard InChI is InChI=1S/C25H23BrO5/c1-3-13-30-24-21(26)14-20(15-23(24)29-2)25(28)31-16-22(27)19-11-9-18(10-12-19)17-7-5-4-6-8-17/h4-12,14-15H,3,13,16H2,1-2H3. The van der Waals surface area contributed by atoms with Gasteiger partial charge in [0.2, 0.25) is 0 Å². The number of Topliss-reactive ketones (excluding diaryl/α,β-unsaturated/α-hetero) is 1. The van der Waals surface area contributed by atoms with E-state index in [9.17, 15) is 9.59 Å². The Morgan fingerprint density at radius 1 is 0.903 bits per heavy atom. The summed E-state index contributed by atoms with van der Waals surface area (Å²) in [6.45, 7) is 2.17. The highest BCUT2D eigenvalue weighted by Gasteiger charge is 2.18. The number of hydrogen-bond donors (Lipinski definition) is 0. The molecule has 160 valence electrons. The number of methoxy groups -OCH3 is 1. The average molecular weight is 483 g/mol. The van der Waals surface area contributed by atoms with Crippen molar-refractivity contribution in [3.05, 3.63) is 82.3 Å². The largest absolute Gasteiger partial charge is 0.493 e. The first-order valence-electron chi connectivity index (χ1n) is 9.89. The maximum atomic E-state index is 12.5. The number of carbonyl (C=O) groups excluding carboxylic acids is 2. The summed E-state index contributed by atoms with van der Waals surface area (Å²) in [6.07, 6.45) is 0.841. The van der Waals surface area contributed by atoms with E-state index in [1.165, 1.54) is 13.2 Å². The summed E-state index contributed by atoms with van der Waals surface area (Å²) < 4.78 is 16.8. The molecule has 0 aromatic heterocycles. The van der Waals surface area contributed by atoms with Gasteiger partial charge in [-0.3, -0.25) is 4.79 Å². The van der Waals surface area contributed by atoms with Crippen molar-refractivity contribution < 1.29 is 23.8 Å². The van der Waals surface area contributed by atoms with Crippen molar-refractivity contribution in [3.8, 4) is 22.6 Å². The maximum absolute atomic E-state index is 12.5. The van der Waals surface area contributed by atoms with Crippen LogP contribution in [0, 0.1) is 0 Å². The van der Waals surface area contributed by atoms with Gasteiger partial charge in [-0.15, -0.1) is 0 Å². The highest BCUT2D eigenvalue weighted by Crippen LogP contribution is 2.37. The Bertz CT molecular complexity index is 1050. The molecule has 31 heavy (non-hydrogen) atoms. The van der Waals surface area contributed by atoms with Crippen LogP contribution in [0.5, 0.6) is 11.5 Å². The highest BCUT2D eigenvalue weighted by atomic mass is 79.9. The number of rotatable bonds is 9. The Hall–Kier alpha value is -3.12. The molecule has 0 amide bonds. The monoisotopic (exact) mass is 482 g/mol. The van der Waals surface area contributed by atoms with Crippen LogP contribution in [0.25, 0.3) is 11.1 Å². The fraction of sp³-hybridized carbons (Fsp3) is 0.200. The molecular weight excluding hydrogens is 460 g/mol. The highest BCUT2D eigenvalue weighted by molar-refractivity contribution is 9.10. The Morgan fingerprint density at radius 2 is 1.58 bits per heavy atom. The van der Waals surface area contributed by atoms with E-state index in [4.69, 9.17) is 14.2 Å². The molecule has 0 aliphatic carbocycles. The van der Waals surface area contributed by atoms with E-state index in [1.54, 1.807) is 18.2 Å². The molecule has 0 fully saturated rings. The molecule has 0 saturated heterocycles. The van der Waals surface area contributed by atoms with Gasteiger partial charge in [0.15, 0.2) is 23.9 Å². The molecule has 5 nitrogen and oxygen atoms in total. The number of ether oxygens (including phenoxy) is 3. The summed E-state index contributed by atoms with van der Waals surface area (Å²) in [7, 11) is 1.50. The lowest BCUT2D eigenvalue weighted by molar-refractivity contribution is 0.0474. The summed E-state index contributed by atoms with van der Waals surface area (Å²) in [5.74, 6) is 0.0465. The molecule has 3 rings (SSSR count). The lowest BCUT2D eigenvalue weighted by Crippen LogP contribution is -2.14. The van der Waals surface area contributed by atoms with Crippen molar-refractivity contribution in [2.45, 2.75) is 13.3 Å². The number of hydrogen-bond acceptors (Lipinski definition) is 5. The molecule has 0 aliphatic rings. The van der Waals surface area contributed by atoms with Crippen LogP contribution in [-0.2, 0) is 4.74 Å². The van der Waals surface area contributed by atoms with Crippen LogP contribution in [0.4, 0.5) is 0 Å². The van der Waals surface area contributed by atoms with Gasteiger partial charge in [0, 0.05) is 5.56 Å². The number of benzene rings is 3. The van der Waals surface area contributed by atoms with E-state index < -0.39 is 5.97 Å². The second-order valence-corrected chi connectivity index (χ2v) is 7.63. The third-order valence-electron chi connectivity index (χ3n) is 4.56. The molecule has 0 atom stereocenters. The first-order valence-corrected chi connectivity index (χ1v) is 10.7. The van der Waals surface area contributed by atoms with Crippen LogP contribution < -0.4 is 9.47 Å². The van der Waals surface area contributed by atoms with Crippen molar-refractivity contribution in [2.75, 3.05) is 20.3 Å². The first kappa shape index (κ1) is 22.6. The minimum Gasteiger partial charge on any atom is -0.493 e. The van der Waals surface area contributed by atoms with E-state index in [0.717, 1.165) is 17.5 Å². The van der Waals surface area contributed by atoms with Gasteiger partial charge in [0.05, 0.1) is 23.8 Å². The van der Waals surface area contributed by atoms with Gasteiger partial charge < -0.3 is 14.2 Å². The van der Waals surface area contributed by atoms with E-state index in [-0.39, 0.29) is 18.0 Å². The lowest BCUT2D eigenvalue weighted by atomic mass is 10.0. The number of esters is 1. The van der Waals surface area contributed by atoms with Crippen LogP contribution in [0.1, 0.15) is 34.1 Å². The van der Waals surface area contributed by atoms with Crippen molar-refractivity contribution in [1.29, 1.82) is 0 Å². The van der Waals surface area contributed by atoms with Gasteiger partial charge in [0.1, 0.15) is 0 Å². The van der Waals surface area contributed by atoms with Gasteiger partial charge in [-0.25, -0.2) is 4.79 Å². The number of ketones is 1. The van der Waals surface area contributed by atoms with E-state index in [1.807, 2.05) is 49.4 Å². The van der Waals surface area contributed by atoms with Crippen LogP contribution >= 0.6 is 15.9 Å². The molecule has 0 N–H and O–H groups in total. The van der Waals surface area contributed by atoms with Crippen LogP contribution in [0.15, 0.2) is 71.2 Å². The van der Waals surface area contributed by atoms with Gasteiger partial charge in [-0.1, -0.05) is 61.5 Å². The molecule has 6 heteroatoms. The summed E-state index contributed by atoms with van der Waals surface area (Å²) in [6, 6.07) is 20.2. The number of carbonyl (C=O) groups is 2. The van der Waals surface area contributed by atoms with Crippen molar-refractivity contribution >= 4 is 27.7 Å². The summed E-state index contributed by atoms with van der Waals surface area (Å²) >= 11 is 3.40. The zero-order valence-electron chi connectivity index (χ0n) is 17.4. The smallest absolute Gasteiger partial charge is 0.338 e. The van der Waals surface area contributed by atoms with E-state index in [0.29, 0.717) is 28.1 Å². The third-order valence-corrected chi connectivity index (χ3v) is 5.15. The van der Waals surface area contributed by atoms with Crippen molar-refractivity contribution in [2.24, 2.45) is 0 Å². The summed E-state index contributed by atoms with van der Waals surface area (Å²) in [4.78, 5) is 24.9. The predicted molar refractivity (Wildman–Crippen MR) is 123 cm³/mol. The van der Waals surface area contributed by atoms with Crippen molar-refractivity contribution in [1.82, 2.24) is 0 Å². The Morgan fingerprint density at radius 3 is 2.23 bits per heavy atom. The molecule has 0 aliphatic heterocycles. The van der Waals surface area contributed by atoms with Crippen LogP contribution in [0.2, 0.25) is 0 Å². The van der Waals surface area contributed by atoms with Gasteiger partial charge in [-0.05, 0) is 45.6 Å². The number of halogens is 1. The van der Waals surface area contributed by atoms with Crippen molar-refractivity contribution in [3.63, 3.8) is 0 Å². The van der Waals surface area contributed by atoms with Crippen LogP contribution in [0.3, 0.4) is 0 Å². The van der Waals surface area contributed by atoms with Gasteiger partial charge >= 0.3 is 5.97 Å². The van der Waals surface area contributed by atoms with E-state index >= 15 is 0 Å². The maximum Gasteiger partial charge on any atom is 0.338 e. The topological polar surface area (TPSA) is 61.8 Å². The average Bonchev–Trinajstić information content (AvgIpc) is 2.81. The normalized spacial score (nSPS) is 10.4. The summed E-state index contributed by atoms with van der Waals surface area (Å²) in [5, 5.41) is 0. The molecule has 0 bridgehead atoms. The SMILES string of the molecule is CCCOc1c(Br)cc(C(=O)OCC(=O)c2ccc(-c3ccccc3)cc2)cc1OC. The van der Waals surface area contributed by atoms with Gasteiger partial charge in [-0.2, -0.15) is 0 Å². The second-order valence-electron chi connectivity index (χ2n) is 6.78. The molecule has 3 aromatic carbocycles. The molecule has 0 saturated carbocycles. The van der Waals surface area contributed by atoms with Gasteiger partial charge in [0.25, 0.3) is 0 Å². The first-order chi connectivity index (χ1) is 15.0. The van der Waals surface area contributed by atoms with E-state index in [2.05, 4.69) is 15.9 Å². The molecule has 3 aromatic rings. The second kappa shape index (κ2) is 10.8. The Balaban J connectivity index is 1.65. The Labute approximate surface area is 190 Å².